The first-order valence-corrected chi connectivity index (χ1v) is 9.63. The Morgan fingerprint density at radius 2 is 2.03 bits per heavy atom. The van der Waals surface area contributed by atoms with Crippen LogP contribution in [0.5, 0.6) is 0 Å². The van der Waals surface area contributed by atoms with E-state index >= 15 is 0 Å². The van der Waals surface area contributed by atoms with Crippen molar-refractivity contribution in [3.05, 3.63) is 59.2 Å². The standard InChI is InChI=1S/C20H14F2N6S/c21-14-7-20(8-14,17-16(22)2-1-5-25-17)11-26-19-28-27-18(29-19)15-6-12(9-23)3-4-13(15)10-24/h1-6,14H,7-8,11H2,(H,26,28). The monoisotopic (exact) mass is 408 g/mol. The van der Waals surface area contributed by atoms with Gasteiger partial charge >= 0.3 is 0 Å². The lowest BCUT2D eigenvalue weighted by Gasteiger charge is -2.43. The third-order valence-corrected chi connectivity index (χ3v) is 5.90. The zero-order valence-electron chi connectivity index (χ0n) is 15.1. The van der Waals surface area contributed by atoms with Gasteiger partial charge in [0.05, 0.1) is 29.0 Å². The second kappa shape index (κ2) is 7.53. The van der Waals surface area contributed by atoms with Crippen LogP contribution in [0.3, 0.4) is 0 Å². The fourth-order valence-electron chi connectivity index (χ4n) is 3.52. The quantitative estimate of drug-likeness (QED) is 0.686. The molecule has 6 nitrogen and oxygen atoms in total. The van der Waals surface area contributed by atoms with Crippen molar-refractivity contribution in [3.63, 3.8) is 0 Å². The smallest absolute Gasteiger partial charge is 0.206 e. The molecule has 0 amide bonds. The number of hydrogen-bond acceptors (Lipinski definition) is 7. The first-order chi connectivity index (χ1) is 14.0. The van der Waals surface area contributed by atoms with Gasteiger partial charge in [0, 0.05) is 23.7 Å². The second-order valence-corrected chi connectivity index (χ2v) is 7.85. The Labute approximate surface area is 169 Å². The molecule has 9 heteroatoms. The van der Waals surface area contributed by atoms with Gasteiger partial charge in [-0.15, -0.1) is 10.2 Å². The summed E-state index contributed by atoms with van der Waals surface area (Å²) in [6, 6.07) is 11.7. The molecule has 29 heavy (non-hydrogen) atoms. The molecule has 144 valence electrons. The molecule has 3 aromatic rings. The number of halogens is 2. The summed E-state index contributed by atoms with van der Waals surface area (Å²) in [5.74, 6) is -0.453. The fourth-order valence-corrected chi connectivity index (χ4v) is 4.29. The molecule has 0 radical (unpaired) electrons. The van der Waals surface area contributed by atoms with Crippen LogP contribution in [-0.2, 0) is 5.41 Å². The van der Waals surface area contributed by atoms with E-state index in [9.17, 15) is 14.0 Å². The maximum absolute atomic E-state index is 14.2. The number of alkyl halides is 1. The van der Waals surface area contributed by atoms with Gasteiger partial charge in [0.25, 0.3) is 0 Å². The molecule has 1 aliphatic rings. The van der Waals surface area contributed by atoms with Gasteiger partial charge in [-0.2, -0.15) is 10.5 Å². The van der Waals surface area contributed by atoms with Crippen molar-refractivity contribution in [1.82, 2.24) is 15.2 Å². The molecular formula is C20H14F2N6S. The topological polar surface area (TPSA) is 98.3 Å². The molecule has 2 aromatic heterocycles. The molecule has 1 aromatic carbocycles. The van der Waals surface area contributed by atoms with Gasteiger partial charge < -0.3 is 5.32 Å². The molecule has 4 rings (SSSR count). The lowest BCUT2D eigenvalue weighted by atomic mass is 9.65. The largest absolute Gasteiger partial charge is 0.359 e. The number of nitrogens with one attached hydrogen (secondary N) is 1. The number of pyridine rings is 1. The van der Waals surface area contributed by atoms with Crippen molar-refractivity contribution in [2.24, 2.45) is 0 Å². The summed E-state index contributed by atoms with van der Waals surface area (Å²) in [7, 11) is 0. The molecule has 0 spiro atoms. The van der Waals surface area contributed by atoms with Crippen molar-refractivity contribution < 1.29 is 8.78 Å². The van der Waals surface area contributed by atoms with Crippen LogP contribution < -0.4 is 5.32 Å². The SMILES string of the molecule is N#Cc1ccc(C#N)c(-c2nnc(NCC3(c4ncccc4F)CC(F)C3)s2)c1. The van der Waals surface area contributed by atoms with E-state index in [1.165, 1.54) is 29.7 Å². The molecule has 0 unspecified atom stereocenters. The maximum atomic E-state index is 14.2. The summed E-state index contributed by atoms with van der Waals surface area (Å²) < 4.78 is 27.9. The van der Waals surface area contributed by atoms with Crippen LogP contribution >= 0.6 is 11.3 Å². The van der Waals surface area contributed by atoms with E-state index in [4.69, 9.17) is 5.26 Å². The number of nitriles is 2. The molecule has 1 N–H and O–H groups in total. The van der Waals surface area contributed by atoms with Crippen LogP contribution in [0.1, 0.15) is 29.7 Å². The minimum atomic E-state index is -0.991. The lowest BCUT2D eigenvalue weighted by molar-refractivity contribution is 0.0965. The predicted molar refractivity (Wildman–Crippen MR) is 103 cm³/mol. The van der Waals surface area contributed by atoms with Gasteiger partial charge in [0.15, 0.2) is 5.01 Å². The molecule has 1 aliphatic carbocycles. The summed E-state index contributed by atoms with van der Waals surface area (Å²) in [5.41, 5.74) is 0.833. The van der Waals surface area contributed by atoms with Crippen molar-refractivity contribution in [3.8, 4) is 22.7 Å². The van der Waals surface area contributed by atoms with Crippen LogP contribution in [0.2, 0.25) is 0 Å². The summed E-state index contributed by atoms with van der Waals surface area (Å²) in [4.78, 5) is 4.13. The van der Waals surface area contributed by atoms with E-state index in [1.54, 1.807) is 18.2 Å². The lowest BCUT2D eigenvalue weighted by Crippen LogP contribution is -2.48. The minimum absolute atomic E-state index is 0.183. The predicted octanol–water partition coefficient (Wildman–Crippen LogP) is 3.96. The highest BCUT2D eigenvalue weighted by molar-refractivity contribution is 7.18. The van der Waals surface area contributed by atoms with Gasteiger partial charge in [-0.1, -0.05) is 11.3 Å². The van der Waals surface area contributed by atoms with Gasteiger partial charge in [0.1, 0.15) is 12.0 Å². The third-order valence-electron chi connectivity index (χ3n) is 4.99. The zero-order valence-corrected chi connectivity index (χ0v) is 15.9. The van der Waals surface area contributed by atoms with Crippen LogP contribution in [0, 0.1) is 28.5 Å². The fraction of sp³-hybridized carbons (Fsp3) is 0.250. The summed E-state index contributed by atoms with van der Waals surface area (Å²) in [5, 5.41) is 30.6. The Kier molecular flexibility index (Phi) is 4.91. The summed E-state index contributed by atoms with van der Waals surface area (Å²) in [6.07, 6.45) is 0.876. The number of rotatable bonds is 5. The van der Waals surface area contributed by atoms with Crippen molar-refractivity contribution in [2.75, 3.05) is 11.9 Å². The van der Waals surface area contributed by atoms with E-state index < -0.39 is 17.4 Å². The number of aromatic nitrogens is 3. The number of anilines is 1. The highest BCUT2D eigenvalue weighted by atomic mass is 32.1. The van der Waals surface area contributed by atoms with E-state index in [-0.39, 0.29) is 25.1 Å². The molecule has 0 aliphatic heterocycles. The van der Waals surface area contributed by atoms with Crippen LogP contribution in [-0.4, -0.2) is 27.9 Å². The Hall–Kier alpha value is -3.43. The van der Waals surface area contributed by atoms with Crippen LogP contribution in [0.25, 0.3) is 10.6 Å². The Morgan fingerprint density at radius 3 is 2.72 bits per heavy atom. The number of nitrogens with zero attached hydrogens (tertiary/aromatic N) is 5. The third kappa shape index (κ3) is 3.53. The first kappa shape index (κ1) is 18.9. The Bertz CT molecular complexity index is 1140. The first-order valence-electron chi connectivity index (χ1n) is 8.82. The minimum Gasteiger partial charge on any atom is -0.359 e. The molecule has 0 atom stereocenters. The Morgan fingerprint density at radius 1 is 1.21 bits per heavy atom. The highest BCUT2D eigenvalue weighted by Crippen LogP contribution is 2.45. The van der Waals surface area contributed by atoms with E-state index in [2.05, 4.69) is 26.6 Å². The van der Waals surface area contributed by atoms with Gasteiger partial charge in [-0.3, -0.25) is 4.98 Å². The summed E-state index contributed by atoms with van der Waals surface area (Å²) in [6.45, 7) is 0.263. The van der Waals surface area contributed by atoms with Gasteiger partial charge in [-0.05, 0) is 43.2 Å². The van der Waals surface area contributed by atoms with Crippen LogP contribution in [0.4, 0.5) is 13.9 Å². The molecule has 1 saturated carbocycles. The molecular weight excluding hydrogens is 394 g/mol. The second-order valence-electron chi connectivity index (χ2n) is 6.87. The van der Waals surface area contributed by atoms with Crippen molar-refractivity contribution in [2.45, 2.75) is 24.4 Å². The molecule has 0 saturated heterocycles. The van der Waals surface area contributed by atoms with Crippen molar-refractivity contribution in [1.29, 1.82) is 10.5 Å². The van der Waals surface area contributed by atoms with Gasteiger partial charge in [0.2, 0.25) is 5.13 Å². The molecule has 2 heterocycles. The molecule has 1 fully saturated rings. The normalized spacial score (nSPS) is 20.3. The average Bonchev–Trinajstić information content (AvgIpc) is 3.19. The summed E-state index contributed by atoms with van der Waals surface area (Å²) >= 11 is 1.21. The van der Waals surface area contributed by atoms with E-state index in [0.717, 1.165) is 0 Å². The maximum Gasteiger partial charge on any atom is 0.206 e. The number of benzene rings is 1. The average molecular weight is 408 g/mol. The molecule has 0 bridgehead atoms. The Balaban J connectivity index is 1.57. The zero-order chi connectivity index (χ0) is 20.4. The van der Waals surface area contributed by atoms with E-state index in [0.29, 0.717) is 26.8 Å². The van der Waals surface area contributed by atoms with Crippen molar-refractivity contribution >= 4 is 16.5 Å². The van der Waals surface area contributed by atoms with Crippen LogP contribution in [0.15, 0.2) is 36.5 Å². The highest BCUT2D eigenvalue weighted by Gasteiger charge is 2.48. The van der Waals surface area contributed by atoms with Gasteiger partial charge in [-0.25, -0.2) is 8.78 Å². The number of hydrogen-bond donors (Lipinski definition) is 1. The van der Waals surface area contributed by atoms with E-state index in [1.807, 2.05) is 6.07 Å².